The van der Waals surface area contributed by atoms with Crippen molar-refractivity contribution in [1.29, 1.82) is 0 Å². The van der Waals surface area contributed by atoms with Crippen molar-refractivity contribution in [1.82, 2.24) is 19.2 Å². The van der Waals surface area contributed by atoms with Gasteiger partial charge in [-0.15, -0.1) is 0 Å². The van der Waals surface area contributed by atoms with Gasteiger partial charge in [0.2, 0.25) is 0 Å². The fourth-order valence-corrected chi connectivity index (χ4v) is 3.68. The Morgan fingerprint density at radius 3 is 2.69 bits per heavy atom. The van der Waals surface area contributed by atoms with E-state index < -0.39 is 0 Å². The number of likely N-dealkylation sites (tertiary alicyclic amines) is 1. The third kappa shape index (κ3) is 2.81. The Labute approximate surface area is 152 Å². The summed E-state index contributed by atoms with van der Waals surface area (Å²) >= 11 is 0. The van der Waals surface area contributed by atoms with Gasteiger partial charge in [-0.05, 0) is 30.9 Å². The van der Waals surface area contributed by atoms with Gasteiger partial charge < -0.3 is 9.47 Å². The molecule has 0 radical (unpaired) electrons. The predicted octanol–water partition coefficient (Wildman–Crippen LogP) is 2.55. The van der Waals surface area contributed by atoms with Crippen molar-refractivity contribution in [3.05, 3.63) is 58.6 Å². The molecule has 6 nitrogen and oxygen atoms in total. The number of benzene rings is 1. The van der Waals surface area contributed by atoms with E-state index in [9.17, 15) is 9.59 Å². The molecule has 1 aromatic carbocycles. The number of pyridine rings is 1. The van der Waals surface area contributed by atoms with Gasteiger partial charge in [-0.3, -0.25) is 9.59 Å². The van der Waals surface area contributed by atoms with E-state index in [2.05, 4.69) is 12.0 Å². The molecule has 3 aliphatic rings. The van der Waals surface area contributed by atoms with E-state index in [1.807, 2.05) is 42.3 Å². The molecule has 0 saturated carbocycles. The van der Waals surface area contributed by atoms with E-state index in [1.54, 1.807) is 17.0 Å². The molecule has 1 fully saturated rings. The first kappa shape index (κ1) is 16.6. The average molecular weight is 350 g/mol. The zero-order valence-electron chi connectivity index (χ0n) is 15.1. The van der Waals surface area contributed by atoms with Crippen LogP contribution in [0.3, 0.4) is 0 Å². The Morgan fingerprint density at radius 1 is 1.19 bits per heavy atom. The molecule has 1 saturated heterocycles. The highest BCUT2D eigenvalue weighted by Gasteiger charge is 2.28. The van der Waals surface area contributed by atoms with Crippen LogP contribution in [0.25, 0.3) is 16.9 Å². The fraction of sp³-hybridized carbons (Fsp3) is 0.350. The number of piperidine rings is 1. The predicted molar refractivity (Wildman–Crippen MR) is 99.7 cm³/mol. The molecule has 0 N–H and O–H groups in total. The Kier molecular flexibility index (Phi) is 4.11. The third-order valence-electron chi connectivity index (χ3n) is 4.97. The van der Waals surface area contributed by atoms with Gasteiger partial charge >= 0.3 is 0 Å². The van der Waals surface area contributed by atoms with Crippen molar-refractivity contribution < 1.29 is 4.79 Å². The SMILES string of the molecule is C[C@H]1CCCN(C(=O)c2cn(C)cc3c(=O)n(-c4ccccc4)nc2-3)C1. The van der Waals surface area contributed by atoms with Crippen molar-refractivity contribution in [2.24, 2.45) is 13.0 Å². The van der Waals surface area contributed by atoms with Gasteiger partial charge in [-0.2, -0.15) is 9.78 Å². The summed E-state index contributed by atoms with van der Waals surface area (Å²) in [6.45, 7) is 3.68. The van der Waals surface area contributed by atoms with E-state index in [0.717, 1.165) is 25.9 Å². The Balaban J connectivity index is 1.83. The van der Waals surface area contributed by atoms with E-state index in [0.29, 0.717) is 28.4 Å². The number of aromatic nitrogens is 3. The zero-order valence-corrected chi connectivity index (χ0v) is 15.1. The van der Waals surface area contributed by atoms with Crippen LogP contribution >= 0.6 is 0 Å². The summed E-state index contributed by atoms with van der Waals surface area (Å²) in [5.74, 6) is 0.452. The summed E-state index contributed by atoms with van der Waals surface area (Å²) in [7, 11) is 1.83. The lowest BCUT2D eigenvalue weighted by Gasteiger charge is -2.31. The van der Waals surface area contributed by atoms with E-state index in [1.165, 1.54) is 4.68 Å². The lowest BCUT2D eigenvalue weighted by molar-refractivity contribution is 0.0682. The normalized spacial score (nSPS) is 17.6. The van der Waals surface area contributed by atoms with Crippen LogP contribution < -0.4 is 5.56 Å². The van der Waals surface area contributed by atoms with Crippen LogP contribution in [0.5, 0.6) is 0 Å². The Morgan fingerprint density at radius 2 is 1.96 bits per heavy atom. The van der Waals surface area contributed by atoms with E-state index in [-0.39, 0.29) is 11.5 Å². The number of amides is 1. The van der Waals surface area contributed by atoms with Crippen LogP contribution in [0.2, 0.25) is 0 Å². The molecule has 1 amide bonds. The van der Waals surface area contributed by atoms with Gasteiger partial charge in [-0.1, -0.05) is 25.1 Å². The fourth-order valence-electron chi connectivity index (χ4n) is 3.68. The minimum atomic E-state index is -0.205. The minimum Gasteiger partial charge on any atom is -0.356 e. The van der Waals surface area contributed by atoms with Crippen molar-refractivity contribution in [3.63, 3.8) is 0 Å². The average Bonchev–Trinajstić information content (AvgIpc) is 2.98. The number of nitrogens with zero attached hydrogens (tertiary/aromatic N) is 4. The molecule has 26 heavy (non-hydrogen) atoms. The topological polar surface area (TPSA) is 60.1 Å². The summed E-state index contributed by atoms with van der Waals surface area (Å²) in [5.41, 5.74) is 1.92. The first-order valence-electron chi connectivity index (χ1n) is 8.98. The maximum Gasteiger partial charge on any atom is 0.282 e. The van der Waals surface area contributed by atoms with Crippen molar-refractivity contribution in [2.45, 2.75) is 19.8 Å². The number of carbonyl (C=O) groups excluding carboxylic acids is 1. The van der Waals surface area contributed by atoms with Crippen LogP contribution in [0.4, 0.5) is 0 Å². The molecular formula is C20H22N4O2. The molecule has 3 heterocycles. The number of fused-ring (bicyclic) bond motifs is 1. The highest BCUT2D eigenvalue weighted by molar-refractivity contribution is 6.00. The van der Waals surface area contributed by atoms with E-state index >= 15 is 0 Å². The molecule has 134 valence electrons. The third-order valence-corrected chi connectivity index (χ3v) is 4.97. The van der Waals surface area contributed by atoms with E-state index in [4.69, 9.17) is 0 Å². The zero-order chi connectivity index (χ0) is 18.3. The molecule has 3 aliphatic heterocycles. The van der Waals surface area contributed by atoms with Crippen molar-refractivity contribution in [3.8, 4) is 16.9 Å². The highest BCUT2D eigenvalue weighted by Crippen LogP contribution is 2.25. The van der Waals surface area contributed by atoms with Crippen LogP contribution in [0.1, 0.15) is 30.1 Å². The maximum absolute atomic E-state index is 13.1. The Hall–Kier alpha value is -2.89. The molecular weight excluding hydrogens is 328 g/mol. The first-order valence-corrected chi connectivity index (χ1v) is 8.98. The number of rotatable bonds is 2. The standard InChI is InChI=1S/C20H22N4O2/c1-14-7-6-10-23(11-14)19(25)16-12-22(2)13-17-18(16)21-24(20(17)26)15-8-4-3-5-9-15/h3-5,8-9,12-14H,6-7,10-11H2,1-2H3/t14-/m0/s1. The van der Waals surface area contributed by atoms with Gasteiger partial charge in [0.25, 0.3) is 11.5 Å². The summed E-state index contributed by atoms with van der Waals surface area (Å²) < 4.78 is 3.14. The maximum atomic E-state index is 13.1. The quantitative estimate of drug-likeness (QED) is 0.714. The largest absolute Gasteiger partial charge is 0.356 e. The molecule has 6 heteroatoms. The minimum absolute atomic E-state index is 0.0459. The lowest BCUT2D eigenvalue weighted by Crippen LogP contribution is -2.39. The van der Waals surface area contributed by atoms with Gasteiger partial charge in [0.1, 0.15) is 5.69 Å². The number of carbonyl (C=O) groups is 1. The lowest BCUT2D eigenvalue weighted by atomic mass is 9.99. The van der Waals surface area contributed by atoms with Crippen LogP contribution in [-0.4, -0.2) is 38.2 Å². The highest BCUT2D eigenvalue weighted by atomic mass is 16.2. The second-order valence-corrected chi connectivity index (χ2v) is 7.15. The van der Waals surface area contributed by atoms with Crippen LogP contribution in [0, 0.1) is 5.92 Å². The summed E-state index contributed by atoms with van der Waals surface area (Å²) in [6.07, 6.45) is 5.67. The molecule has 0 aromatic heterocycles. The van der Waals surface area contributed by atoms with Gasteiger partial charge in [0.05, 0.1) is 16.8 Å². The summed E-state index contributed by atoms with van der Waals surface area (Å²) in [6, 6.07) is 9.29. The van der Waals surface area contributed by atoms with Gasteiger partial charge in [0, 0.05) is 32.5 Å². The van der Waals surface area contributed by atoms with Crippen LogP contribution in [0.15, 0.2) is 47.5 Å². The second-order valence-electron chi connectivity index (χ2n) is 7.15. The molecule has 1 atom stereocenters. The summed E-state index contributed by atoms with van der Waals surface area (Å²) in [4.78, 5) is 27.9. The number of aryl methyl sites for hydroxylation is 1. The van der Waals surface area contributed by atoms with Crippen LogP contribution in [-0.2, 0) is 7.05 Å². The van der Waals surface area contributed by atoms with Crippen molar-refractivity contribution >= 4 is 5.91 Å². The molecule has 1 aromatic rings. The summed E-state index contributed by atoms with van der Waals surface area (Å²) in [5, 5.41) is 4.50. The van der Waals surface area contributed by atoms with Crippen molar-refractivity contribution in [2.75, 3.05) is 13.1 Å². The molecule has 0 bridgehead atoms. The van der Waals surface area contributed by atoms with Gasteiger partial charge in [-0.25, -0.2) is 0 Å². The number of para-hydroxylation sites is 1. The Bertz CT molecular complexity index is 973. The molecule has 0 spiro atoms. The second kappa shape index (κ2) is 6.44. The molecule has 4 rings (SSSR count). The first-order chi connectivity index (χ1) is 12.5. The van der Waals surface area contributed by atoms with Gasteiger partial charge in [0.15, 0.2) is 0 Å². The molecule has 0 unspecified atom stereocenters. The molecule has 0 aliphatic carbocycles. The smallest absolute Gasteiger partial charge is 0.282 e. The number of hydrogen-bond acceptors (Lipinski definition) is 3. The number of hydrogen-bond donors (Lipinski definition) is 0. The monoisotopic (exact) mass is 350 g/mol.